The Morgan fingerprint density at radius 2 is 1.95 bits per heavy atom. The van der Waals surface area contributed by atoms with Crippen molar-refractivity contribution < 1.29 is 14.3 Å². The second-order valence-corrected chi connectivity index (χ2v) is 4.98. The highest BCUT2D eigenvalue weighted by Gasteiger charge is 2.13. The van der Waals surface area contributed by atoms with Gasteiger partial charge in [-0.05, 0) is 36.8 Å². The molecule has 0 aliphatic heterocycles. The smallest absolute Gasteiger partial charge is 0.261 e. The summed E-state index contributed by atoms with van der Waals surface area (Å²) in [7, 11) is 0. The lowest BCUT2D eigenvalue weighted by molar-refractivity contribution is 0.102. The van der Waals surface area contributed by atoms with Crippen LogP contribution in [0.1, 0.15) is 15.9 Å². The Balaban J connectivity index is 2.01. The number of phenolic OH excluding ortho intramolecular Hbond substituents is 1. The normalized spacial score (nSPS) is 10.6. The fraction of sp³-hybridized carbons (Fsp3) is 0.0588. The second-order valence-electron chi connectivity index (χ2n) is 4.98. The number of anilines is 1. The Bertz CT molecular complexity index is 929. The van der Waals surface area contributed by atoms with Crippen LogP contribution in [0, 0.1) is 12.3 Å². The lowest BCUT2D eigenvalue weighted by Crippen LogP contribution is -2.21. The number of rotatable bonds is 2. The predicted molar refractivity (Wildman–Crippen MR) is 82.9 cm³/mol. The van der Waals surface area contributed by atoms with Gasteiger partial charge < -0.3 is 14.8 Å². The maximum absolute atomic E-state index is 12.4. The quantitative estimate of drug-likeness (QED) is 0.678. The van der Waals surface area contributed by atoms with E-state index in [2.05, 4.69) is 5.32 Å². The Labute approximate surface area is 126 Å². The molecule has 0 spiro atoms. The molecule has 0 unspecified atom stereocenters. The molecule has 1 heterocycles. The molecule has 1 aromatic heterocycles. The van der Waals surface area contributed by atoms with Gasteiger partial charge in [0.25, 0.3) is 5.91 Å². The minimum atomic E-state index is -0.405. The third-order valence-electron chi connectivity index (χ3n) is 3.39. The van der Waals surface area contributed by atoms with Gasteiger partial charge in [-0.3, -0.25) is 10.2 Å². The van der Waals surface area contributed by atoms with E-state index >= 15 is 0 Å². The van der Waals surface area contributed by atoms with Gasteiger partial charge >= 0.3 is 0 Å². The molecule has 1 amide bonds. The minimum Gasteiger partial charge on any atom is -0.508 e. The summed E-state index contributed by atoms with van der Waals surface area (Å²) < 4.78 is 5.31. The van der Waals surface area contributed by atoms with Crippen LogP contribution < -0.4 is 10.9 Å². The molecular formula is C17H14N2O3. The van der Waals surface area contributed by atoms with Crippen LogP contribution in [0.15, 0.2) is 52.9 Å². The van der Waals surface area contributed by atoms with Gasteiger partial charge in [0, 0.05) is 17.1 Å². The summed E-state index contributed by atoms with van der Waals surface area (Å²) in [4.78, 5) is 12.4. The van der Waals surface area contributed by atoms with E-state index in [4.69, 9.17) is 9.83 Å². The van der Waals surface area contributed by atoms with Gasteiger partial charge in [0.15, 0.2) is 0 Å². The first kappa shape index (κ1) is 13.9. The number of aromatic hydroxyl groups is 1. The first-order chi connectivity index (χ1) is 10.5. The van der Waals surface area contributed by atoms with Crippen molar-refractivity contribution in [2.75, 3.05) is 5.32 Å². The van der Waals surface area contributed by atoms with E-state index < -0.39 is 5.91 Å². The van der Waals surface area contributed by atoms with Crippen molar-refractivity contribution in [1.82, 2.24) is 0 Å². The van der Waals surface area contributed by atoms with Gasteiger partial charge in [-0.15, -0.1) is 0 Å². The second kappa shape index (κ2) is 5.37. The summed E-state index contributed by atoms with van der Waals surface area (Å²) in [6.07, 6.45) is 0. The fourth-order valence-corrected chi connectivity index (χ4v) is 2.19. The molecule has 0 aliphatic rings. The molecule has 22 heavy (non-hydrogen) atoms. The number of carbonyl (C=O) groups is 1. The molecule has 0 aliphatic carbocycles. The summed E-state index contributed by atoms with van der Waals surface area (Å²) in [6, 6.07) is 13.5. The molecule has 0 bridgehead atoms. The first-order valence-corrected chi connectivity index (χ1v) is 6.73. The number of nitrogens with one attached hydrogen (secondary N) is 2. The average molecular weight is 294 g/mol. The van der Waals surface area contributed by atoms with E-state index in [1.54, 1.807) is 18.2 Å². The maximum Gasteiger partial charge on any atom is 0.261 e. The van der Waals surface area contributed by atoms with Crippen molar-refractivity contribution in [3.8, 4) is 5.75 Å². The van der Waals surface area contributed by atoms with Crippen LogP contribution in [0.2, 0.25) is 0 Å². The van der Waals surface area contributed by atoms with Crippen LogP contribution in [0.25, 0.3) is 11.0 Å². The average Bonchev–Trinajstić information content (AvgIpc) is 2.48. The molecule has 0 radical (unpaired) electrons. The number of benzene rings is 2. The molecule has 2 aromatic carbocycles. The largest absolute Gasteiger partial charge is 0.508 e. The third-order valence-corrected chi connectivity index (χ3v) is 3.39. The molecule has 0 atom stereocenters. The highest BCUT2D eigenvalue weighted by Crippen LogP contribution is 2.20. The van der Waals surface area contributed by atoms with Gasteiger partial charge in [0.05, 0.1) is 0 Å². The van der Waals surface area contributed by atoms with E-state index in [0.717, 1.165) is 5.56 Å². The molecule has 5 nitrogen and oxygen atoms in total. The van der Waals surface area contributed by atoms with Gasteiger partial charge in [-0.25, -0.2) is 0 Å². The summed E-state index contributed by atoms with van der Waals surface area (Å²) in [5.74, 6) is -0.356. The van der Waals surface area contributed by atoms with E-state index in [1.165, 1.54) is 12.1 Å². The summed E-state index contributed by atoms with van der Waals surface area (Å²) in [5.41, 5.74) is 1.88. The van der Waals surface area contributed by atoms with Crippen molar-refractivity contribution in [2.24, 2.45) is 0 Å². The number of hydrogen-bond donors (Lipinski definition) is 3. The first-order valence-electron chi connectivity index (χ1n) is 6.73. The molecule has 0 saturated heterocycles. The number of para-hydroxylation sites is 1. The van der Waals surface area contributed by atoms with Crippen LogP contribution in [-0.2, 0) is 0 Å². The zero-order valence-electron chi connectivity index (χ0n) is 11.9. The number of fused-ring (bicyclic) bond motifs is 1. The van der Waals surface area contributed by atoms with Crippen LogP contribution in [0.4, 0.5) is 5.69 Å². The minimum absolute atomic E-state index is 0.0489. The lowest BCUT2D eigenvalue weighted by atomic mass is 10.1. The Morgan fingerprint density at radius 1 is 1.18 bits per heavy atom. The van der Waals surface area contributed by atoms with E-state index in [1.807, 2.05) is 25.1 Å². The standard InChI is InChI=1S/C17H14N2O3/c1-10-4-2-3-5-14(10)19-17(21)13-8-11-6-7-12(20)9-15(11)22-16(13)18/h2-9,18,20H,1H3,(H,19,21). The number of amides is 1. The number of phenols is 1. The monoisotopic (exact) mass is 294 g/mol. The Morgan fingerprint density at radius 3 is 2.73 bits per heavy atom. The zero-order valence-corrected chi connectivity index (χ0v) is 11.9. The summed E-state index contributed by atoms with van der Waals surface area (Å²) in [6.45, 7) is 1.89. The summed E-state index contributed by atoms with van der Waals surface area (Å²) in [5, 5.41) is 20.7. The van der Waals surface area contributed by atoms with E-state index in [-0.39, 0.29) is 16.9 Å². The molecule has 3 N–H and O–H groups in total. The van der Waals surface area contributed by atoms with Crippen LogP contribution in [0.3, 0.4) is 0 Å². The maximum atomic E-state index is 12.4. The van der Waals surface area contributed by atoms with Gasteiger partial charge in [-0.2, -0.15) is 0 Å². The van der Waals surface area contributed by atoms with Crippen molar-refractivity contribution in [2.45, 2.75) is 6.92 Å². The zero-order chi connectivity index (χ0) is 15.7. The van der Waals surface area contributed by atoms with Crippen molar-refractivity contribution >= 4 is 22.6 Å². The Kier molecular flexibility index (Phi) is 3.39. The van der Waals surface area contributed by atoms with Crippen LogP contribution in [-0.4, -0.2) is 11.0 Å². The molecule has 0 fully saturated rings. The lowest BCUT2D eigenvalue weighted by Gasteiger charge is -2.08. The molecule has 110 valence electrons. The molecular weight excluding hydrogens is 280 g/mol. The topological polar surface area (TPSA) is 86.3 Å². The van der Waals surface area contributed by atoms with Crippen molar-refractivity contribution in [3.05, 3.63) is 65.2 Å². The number of carbonyl (C=O) groups excluding carboxylic acids is 1. The van der Waals surface area contributed by atoms with Crippen LogP contribution in [0.5, 0.6) is 5.75 Å². The molecule has 0 saturated carbocycles. The van der Waals surface area contributed by atoms with Crippen molar-refractivity contribution in [3.63, 3.8) is 0 Å². The number of aryl methyl sites for hydroxylation is 1. The van der Waals surface area contributed by atoms with E-state index in [0.29, 0.717) is 16.7 Å². The van der Waals surface area contributed by atoms with Crippen LogP contribution >= 0.6 is 0 Å². The SMILES string of the molecule is Cc1ccccc1NC(=O)c1cc2ccc(O)cc2oc1=N. The van der Waals surface area contributed by atoms with E-state index in [9.17, 15) is 9.90 Å². The van der Waals surface area contributed by atoms with Gasteiger partial charge in [0.1, 0.15) is 16.9 Å². The third kappa shape index (κ3) is 2.56. The van der Waals surface area contributed by atoms with Gasteiger partial charge in [0.2, 0.25) is 5.55 Å². The Hall–Kier alpha value is -3.08. The molecule has 3 aromatic rings. The van der Waals surface area contributed by atoms with Gasteiger partial charge in [-0.1, -0.05) is 18.2 Å². The highest BCUT2D eigenvalue weighted by molar-refractivity contribution is 6.05. The molecule has 3 rings (SSSR count). The fourth-order valence-electron chi connectivity index (χ4n) is 2.19. The summed E-state index contributed by atoms with van der Waals surface area (Å²) >= 11 is 0. The highest BCUT2D eigenvalue weighted by atomic mass is 16.3. The van der Waals surface area contributed by atoms with Crippen molar-refractivity contribution in [1.29, 1.82) is 5.41 Å². The predicted octanol–water partition coefficient (Wildman–Crippen LogP) is 3.18. The number of hydrogen-bond acceptors (Lipinski definition) is 4. The molecule has 5 heteroatoms.